The van der Waals surface area contributed by atoms with Gasteiger partial charge >= 0.3 is 0 Å². The van der Waals surface area contributed by atoms with Gasteiger partial charge in [0, 0.05) is 37.0 Å². The molecule has 29 heavy (non-hydrogen) atoms. The summed E-state index contributed by atoms with van der Waals surface area (Å²) < 4.78 is 22.4. The SMILES string of the molecule is CCOc1cc(N2CCOCC2)c(OCC)cc1N=Cc1cccc(OC)c1O. The summed E-state index contributed by atoms with van der Waals surface area (Å²) in [6.45, 7) is 7.92. The molecule has 0 radical (unpaired) electrons. The third-order valence-electron chi connectivity index (χ3n) is 4.58. The van der Waals surface area contributed by atoms with E-state index in [1.807, 2.05) is 26.0 Å². The van der Waals surface area contributed by atoms with Crippen molar-refractivity contribution in [3.8, 4) is 23.0 Å². The second-order valence-electron chi connectivity index (χ2n) is 6.41. The van der Waals surface area contributed by atoms with Crippen LogP contribution in [0.1, 0.15) is 19.4 Å². The Kier molecular flexibility index (Phi) is 7.19. The van der Waals surface area contributed by atoms with E-state index in [0.717, 1.165) is 24.5 Å². The first kappa shape index (κ1) is 20.8. The van der Waals surface area contributed by atoms with Crippen LogP contribution in [0.5, 0.6) is 23.0 Å². The van der Waals surface area contributed by atoms with Gasteiger partial charge in [0.15, 0.2) is 11.5 Å². The quantitative estimate of drug-likeness (QED) is 0.680. The van der Waals surface area contributed by atoms with E-state index < -0.39 is 0 Å². The summed E-state index contributed by atoms with van der Waals surface area (Å²) in [4.78, 5) is 6.81. The molecule has 0 aromatic heterocycles. The highest BCUT2D eigenvalue weighted by molar-refractivity contribution is 5.87. The summed E-state index contributed by atoms with van der Waals surface area (Å²) in [6, 6.07) is 9.12. The summed E-state index contributed by atoms with van der Waals surface area (Å²) >= 11 is 0. The van der Waals surface area contributed by atoms with Crippen molar-refractivity contribution in [1.29, 1.82) is 0 Å². The highest BCUT2D eigenvalue weighted by atomic mass is 16.5. The van der Waals surface area contributed by atoms with Crippen LogP contribution in [-0.2, 0) is 4.74 Å². The van der Waals surface area contributed by atoms with Crippen LogP contribution in [0.3, 0.4) is 0 Å². The smallest absolute Gasteiger partial charge is 0.166 e. The Labute approximate surface area is 171 Å². The number of phenolic OH excluding ortho intramolecular Hbond substituents is 1. The molecular formula is C22H28N2O5. The van der Waals surface area contributed by atoms with Crippen LogP contribution in [0.25, 0.3) is 0 Å². The van der Waals surface area contributed by atoms with Crippen LogP contribution in [-0.4, -0.2) is 57.9 Å². The first-order chi connectivity index (χ1) is 14.2. The second-order valence-corrected chi connectivity index (χ2v) is 6.41. The third kappa shape index (κ3) is 4.92. The molecule has 1 aliphatic heterocycles. The van der Waals surface area contributed by atoms with Gasteiger partial charge in [-0.1, -0.05) is 6.07 Å². The molecule has 7 nitrogen and oxygen atoms in total. The number of hydrogen-bond donors (Lipinski definition) is 1. The maximum atomic E-state index is 10.3. The lowest BCUT2D eigenvalue weighted by Crippen LogP contribution is -2.36. The standard InChI is InChI=1S/C22H28N2O5/c1-4-28-20-14-18(24-9-11-27-12-10-24)21(29-5-2)13-17(20)23-15-16-7-6-8-19(26-3)22(16)25/h6-8,13-15,25H,4-5,9-12H2,1-3H3. The average molecular weight is 400 g/mol. The number of anilines is 1. The number of aliphatic imine (C=N–C) groups is 1. The molecule has 0 saturated carbocycles. The van der Waals surface area contributed by atoms with Crippen LogP contribution < -0.4 is 19.1 Å². The van der Waals surface area contributed by atoms with Crippen LogP contribution in [0.15, 0.2) is 35.3 Å². The summed E-state index contributed by atoms with van der Waals surface area (Å²) in [5.41, 5.74) is 2.17. The molecule has 7 heteroatoms. The van der Waals surface area contributed by atoms with Crippen molar-refractivity contribution in [1.82, 2.24) is 0 Å². The molecular weight excluding hydrogens is 372 g/mol. The van der Waals surface area contributed by atoms with Crippen LogP contribution in [0, 0.1) is 0 Å². The Morgan fingerprint density at radius 3 is 2.48 bits per heavy atom. The van der Waals surface area contributed by atoms with E-state index in [2.05, 4.69) is 9.89 Å². The zero-order valence-electron chi connectivity index (χ0n) is 17.2. The van der Waals surface area contributed by atoms with E-state index in [9.17, 15) is 5.11 Å². The lowest BCUT2D eigenvalue weighted by atomic mass is 10.2. The monoisotopic (exact) mass is 400 g/mol. The molecule has 1 saturated heterocycles. The van der Waals surface area contributed by atoms with Crippen molar-refractivity contribution in [2.45, 2.75) is 13.8 Å². The Morgan fingerprint density at radius 2 is 1.79 bits per heavy atom. The molecule has 2 aromatic carbocycles. The first-order valence-electron chi connectivity index (χ1n) is 9.84. The topological polar surface area (TPSA) is 72.8 Å². The number of morpholine rings is 1. The molecule has 0 spiro atoms. The molecule has 1 aliphatic rings. The Balaban J connectivity index is 1.99. The highest BCUT2D eigenvalue weighted by Gasteiger charge is 2.19. The van der Waals surface area contributed by atoms with Gasteiger partial charge in [0.2, 0.25) is 0 Å². The number of rotatable bonds is 8. The molecule has 1 N–H and O–H groups in total. The summed E-state index contributed by atoms with van der Waals surface area (Å²) in [5.74, 6) is 1.86. The maximum Gasteiger partial charge on any atom is 0.166 e. The molecule has 1 fully saturated rings. The second kappa shape index (κ2) is 10.0. The van der Waals surface area contributed by atoms with Gasteiger partial charge in [0.1, 0.15) is 17.2 Å². The number of para-hydroxylation sites is 1. The fourth-order valence-corrected chi connectivity index (χ4v) is 3.18. The van der Waals surface area contributed by atoms with Crippen molar-refractivity contribution >= 4 is 17.6 Å². The molecule has 156 valence electrons. The van der Waals surface area contributed by atoms with Gasteiger partial charge in [-0.15, -0.1) is 0 Å². The third-order valence-corrected chi connectivity index (χ3v) is 4.58. The van der Waals surface area contributed by atoms with Crippen molar-refractivity contribution < 1.29 is 24.1 Å². The van der Waals surface area contributed by atoms with Crippen molar-refractivity contribution in [2.24, 2.45) is 4.99 Å². The minimum atomic E-state index is 0.0479. The van der Waals surface area contributed by atoms with E-state index in [1.54, 1.807) is 24.4 Å². The van der Waals surface area contributed by atoms with Gasteiger partial charge in [-0.2, -0.15) is 0 Å². The van der Waals surface area contributed by atoms with E-state index in [0.29, 0.717) is 49.2 Å². The lowest BCUT2D eigenvalue weighted by molar-refractivity contribution is 0.122. The van der Waals surface area contributed by atoms with E-state index >= 15 is 0 Å². The van der Waals surface area contributed by atoms with E-state index in [4.69, 9.17) is 18.9 Å². The predicted molar refractivity (Wildman–Crippen MR) is 114 cm³/mol. The lowest BCUT2D eigenvalue weighted by Gasteiger charge is -2.30. The van der Waals surface area contributed by atoms with Gasteiger partial charge in [-0.25, -0.2) is 0 Å². The van der Waals surface area contributed by atoms with Gasteiger partial charge < -0.3 is 29.0 Å². The highest BCUT2D eigenvalue weighted by Crippen LogP contribution is 2.41. The first-order valence-corrected chi connectivity index (χ1v) is 9.84. The number of phenols is 1. The Hall–Kier alpha value is -2.93. The fraction of sp³-hybridized carbons (Fsp3) is 0.409. The minimum Gasteiger partial charge on any atom is -0.504 e. The summed E-state index contributed by atoms with van der Waals surface area (Å²) in [6.07, 6.45) is 1.60. The zero-order chi connectivity index (χ0) is 20.6. The number of aromatic hydroxyl groups is 1. The van der Waals surface area contributed by atoms with Crippen molar-refractivity contribution in [3.05, 3.63) is 35.9 Å². The molecule has 0 bridgehead atoms. The number of ether oxygens (including phenoxy) is 4. The van der Waals surface area contributed by atoms with Crippen LogP contribution >= 0.6 is 0 Å². The number of nitrogens with zero attached hydrogens (tertiary/aromatic N) is 2. The average Bonchev–Trinajstić information content (AvgIpc) is 2.75. The van der Waals surface area contributed by atoms with Gasteiger partial charge in [0.25, 0.3) is 0 Å². The van der Waals surface area contributed by atoms with Gasteiger partial charge in [-0.05, 0) is 26.0 Å². The predicted octanol–water partition coefficient (Wildman–Crippen LogP) is 3.79. The summed E-state index contributed by atoms with van der Waals surface area (Å²) in [7, 11) is 1.52. The zero-order valence-corrected chi connectivity index (χ0v) is 17.2. The number of benzene rings is 2. The molecule has 0 amide bonds. The van der Waals surface area contributed by atoms with E-state index in [1.165, 1.54) is 7.11 Å². The van der Waals surface area contributed by atoms with Gasteiger partial charge in [0.05, 0.1) is 39.2 Å². The van der Waals surface area contributed by atoms with E-state index in [-0.39, 0.29) is 5.75 Å². The van der Waals surface area contributed by atoms with Crippen molar-refractivity contribution in [2.75, 3.05) is 51.5 Å². The molecule has 1 heterocycles. The normalized spacial score (nSPS) is 14.2. The van der Waals surface area contributed by atoms with Gasteiger partial charge in [-0.3, -0.25) is 4.99 Å². The fourth-order valence-electron chi connectivity index (χ4n) is 3.18. The minimum absolute atomic E-state index is 0.0479. The largest absolute Gasteiger partial charge is 0.504 e. The van der Waals surface area contributed by atoms with Crippen LogP contribution in [0.2, 0.25) is 0 Å². The number of hydrogen-bond acceptors (Lipinski definition) is 7. The van der Waals surface area contributed by atoms with Crippen LogP contribution in [0.4, 0.5) is 11.4 Å². The molecule has 0 atom stereocenters. The molecule has 0 aliphatic carbocycles. The maximum absolute atomic E-state index is 10.3. The molecule has 3 rings (SSSR count). The number of methoxy groups -OCH3 is 1. The Bertz CT molecular complexity index is 847. The van der Waals surface area contributed by atoms with Crippen molar-refractivity contribution in [3.63, 3.8) is 0 Å². The molecule has 0 unspecified atom stereocenters. The Morgan fingerprint density at radius 1 is 1.07 bits per heavy atom. The molecule has 2 aromatic rings. The summed E-state index contributed by atoms with van der Waals surface area (Å²) in [5, 5.41) is 10.3.